The summed E-state index contributed by atoms with van der Waals surface area (Å²) >= 11 is 1.29. The summed E-state index contributed by atoms with van der Waals surface area (Å²) in [6.45, 7) is 0. The molecule has 6 heteroatoms. The molecule has 1 amide bonds. The van der Waals surface area contributed by atoms with E-state index in [0.29, 0.717) is 11.4 Å². The molecule has 0 fully saturated rings. The zero-order valence-corrected chi connectivity index (χ0v) is 14.0. The number of aromatic nitrogens is 1. The molecule has 0 saturated heterocycles. The van der Waals surface area contributed by atoms with Gasteiger partial charge in [-0.2, -0.15) is 0 Å². The minimum absolute atomic E-state index is 0.0249. The Balaban J connectivity index is 1.76. The first-order chi connectivity index (χ1) is 11.1. The first kappa shape index (κ1) is 17.0. The van der Waals surface area contributed by atoms with Gasteiger partial charge in [0.2, 0.25) is 5.91 Å². The summed E-state index contributed by atoms with van der Waals surface area (Å²) < 4.78 is 0. The fraction of sp³-hybridized carbons (Fsp3) is 0.235. The fourth-order valence-electron chi connectivity index (χ4n) is 1.85. The first-order valence-corrected chi connectivity index (χ1v) is 8.31. The normalized spacial score (nSPS) is 10.2. The molecule has 0 aliphatic rings. The van der Waals surface area contributed by atoms with Crippen LogP contribution in [0.1, 0.15) is 10.4 Å². The Labute approximate surface area is 140 Å². The summed E-state index contributed by atoms with van der Waals surface area (Å²) in [5.74, 6) is 0.869. The summed E-state index contributed by atoms with van der Waals surface area (Å²) in [4.78, 5) is 29.9. The van der Waals surface area contributed by atoms with Crippen LogP contribution in [0, 0.1) is 0 Å². The molecule has 0 unspecified atom stereocenters. The highest BCUT2D eigenvalue weighted by Crippen LogP contribution is 2.13. The SMILES string of the molecule is CN(C)c1ccc(NC(=O)CSCC(=O)c2ccccc2)nc1. The Morgan fingerprint density at radius 1 is 1.09 bits per heavy atom. The van der Waals surface area contributed by atoms with Gasteiger partial charge in [-0.15, -0.1) is 11.8 Å². The van der Waals surface area contributed by atoms with Gasteiger partial charge in [0.25, 0.3) is 0 Å². The van der Waals surface area contributed by atoms with Crippen molar-refractivity contribution in [2.45, 2.75) is 0 Å². The predicted molar refractivity (Wildman–Crippen MR) is 95.3 cm³/mol. The fourth-order valence-corrected chi connectivity index (χ4v) is 2.56. The zero-order valence-electron chi connectivity index (χ0n) is 13.2. The van der Waals surface area contributed by atoms with Crippen molar-refractivity contribution in [1.82, 2.24) is 4.98 Å². The maximum Gasteiger partial charge on any atom is 0.235 e. The lowest BCUT2D eigenvalue weighted by atomic mass is 10.2. The second-order valence-corrected chi connectivity index (χ2v) is 6.11. The highest BCUT2D eigenvalue weighted by Gasteiger charge is 2.08. The molecule has 0 radical (unpaired) electrons. The third kappa shape index (κ3) is 5.41. The van der Waals surface area contributed by atoms with Gasteiger partial charge in [-0.25, -0.2) is 4.98 Å². The molecule has 0 aliphatic heterocycles. The number of rotatable bonds is 7. The van der Waals surface area contributed by atoms with Gasteiger partial charge >= 0.3 is 0 Å². The number of pyridine rings is 1. The van der Waals surface area contributed by atoms with E-state index in [1.54, 1.807) is 24.4 Å². The lowest BCUT2D eigenvalue weighted by Crippen LogP contribution is -2.16. The molecular weight excluding hydrogens is 310 g/mol. The van der Waals surface area contributed by atoms with E-state index in [0.717, 1.165) is 5.69 Å². The molecule has 5 nitrogen and oxygen atoms in total. The predicted octanol–water partition coefficient (Wildman–Crippen LogP) is 2.70. The third-order valence-corrected chi connectivity index (χ3v) is 4.03. The summed E-state index contributed by atoms with van der Waals surface area (Å²) in [6, 6.07) is 12.7. The summed E-state index contributed by atoms with van der Waals surface area (Å²) in [5.41, 5.74) is 1.63. The average molecular weight is 329 g/mol. The molecule has 1 aromatic carbocycles. The molecule has 0 spiro atoms. The van der Waals surface area contributed by atoms with Crippen LogP contribution in [0.2, 0.25) is 0 Å². The zero-order chi connectivity index (χ0) is 16.7. The number of carbonyl (C=O) groups is 2. The summed E-state index contributed by atoms with van der Waals surface area (Å²) in [5, 5.41) is 2.72. The van der Waals surface area contributed by atoms with Crippen LogP contribution in [0.3, 0.4) is 0 Å². The summed E-state index contributed by atoms with van der Waals surface area (Å²) in [7, 11) is 3.85. The molecule has 0 aliphatic carbocycles. The lowest BCUT2D eigenvalue weighted by Gasteiger charge is -2.12. The number of hydrogen-bond donors (Lipinski definition) is 1. The Kier molecular flexibility index (Phi) is 6.17. The Morgan fingerprint density at radius 2 is 1.83 bits per heavy atom. The van der Waals surface area contributed by atoms with Crippen LogP contribution < -0.4 is 10.2 Å². The molecule has 2 rings (SSSR count). The van der Waals surface area contributed by atoms with Crippen LogP contribution in [0.25, 0.3) is 0 Å². The quantitative estimate of drug-likeness (QED) is 0.791. The Morgan fingerprint density at radius 3 is 2.43 bits per heavy atom. The van der Waals surface area contributed by atoms with E-state index in [9.17, 15) is 9.59 Å². The molecule has 2 aromatic rings. The van der Waals surface area contributed by atoms with E-state index in [4.69, 9.17) is 0 Å². The van der Waals surface area contributed by atoms with E-state index in [1.165, 1.54) is 11.8 Å². The molecule has 0 saturated carbocycles. The number of carbonyl (C=O) groups excluding carboxylic acids is 2. The van der Waals surface area contributed by atoms with Crippen molar-refractivity contribution in [1.29, 1.82) is 0 Å². The Hall–Kier alpha value is -2.34. The number of nitrogens with zero attached hydrogens (tertiary/aromatic N) is 2. The topological polar surface area (TPSA) is 62.3 Å². The van der Waals surface area contributed by atoms with Crippen molar-refractivity contribution in [3.8, 4) is 0 Å². The number of nitrogens with one attached hydrogen (secondary N) is 1. The van der Waals surface area contributed by atoms with Crippen molar-refractivity contribution >= 4 is 35.0 Å². The van der Waals surface area contributed by atoms with Gasteiger partial charge in [0, 0.05) is 19.7 Å². The second kappa shape index (κ2) is 8.33. The molecule has 1 heterocycles. The Bertz CT molecular complexity index is 657. The average Bonchev–Trinajstić information content (AvgIpc) is 2.56. The van der Waals surface area contributed by atoms with Gasteiger partial charge in [-0.1, -0.05) is 30.3 Å². The summed E-state index contributed by atoms with van der Waals surface area (Å²) in [6.07, 6.45) is 1.70. The van der Waals surface area contributed by atoms with Crippen LogP contribution in [0.4, 0.5) is 11.5 Å². The number of thioether (sulfide) groups is 1. The number of Topliss-reactive ketones (excluding diaryl/α,β-unsaturated/α-hetero) is 1. The molecule has 120 valence electrons. The van der Waals surface area contributed by atoms with Gasteiger partial charge in [-0.05, 0) is 12.1 Å². The van der Waals surface area contributed by atoms with E-state index >= 15 is 0 Å². The minimum atomic E-state index is -0.166. The van der Waals surface area contributed by atoms with Crippen molar-refractivity contribution in [3.63, 3.8) is 0 Å². The van der Waals surface area contributed by atoms with Crippen molar-refractivity contribution in [2.75, 3.05) is 35.8 Å². The largest absolute Gasteiger partial charge is 0.376 e. The van der Waals surface area contributed by atoms with Gasteiger partial charge in [0.1, 0.15) is 5.82 Å². The molecule has 23 heavy (non-hydrogen) atoms. The van der Waals surface area contributed by atoms with Gasteiger partial charge < -0.3 is 10.2 Å². The molecule has 1 aromatic heterocycles. The van der Waals surface area contributed by atoms with Gasteiger partial charge in [-0.3, -0.25) is 9.59 Å². The van der Waals surface area contributed by atoms with E-state index < -0.39 is 0 Å². The number of anilines is 2. The molecular formula is C17H19N3O2S. The van der Waals surface area contributed by atoms with Crippen molar-refractivity contribution < 1.29 is 9.59 Å². The maximum atomic E-state index is 11.9. The highest BCUT2D eigenvalue weighted by molar-refractivity contribution is 8.00. The number of hydrogen-bond acceptors (Lipinski definition) is 5. The van der Waals surface area contributed by atoms with Gasteiger partial charge in [0.05, 0.1) is 23.4 Å². The maximum absolute atomic E-state index is 11.9. The molecule has 1 N–H and O–H groups in total. The number of benzene rings is 1. The van der Waals surface area contributed by atoms with Crippen LogP contribution in [0.5, 0.6) is 0 Å². The van der Waals surface area contributed by atoms with Gasteiger partial charge in [0.15, 0.2) is 5.78 Å². The van der Waals surface area contributed by atoms with Crippen LogP contribution in [-0.4, -0.2) is 42.3 Å². The van der Waals surface area contributed by atoms with E-state index in [2.05, 4.69) is 10.3 Å². The van der Waals surface area contributed by atoms with Crippen LogP contribution in [0.15, 0.2) is 48.7 Å². The standard InChI is InChI=1S/C17H19N3O2S/c1-20(2)14-8-9-16(18-10-14)19-17(22)12-23-11-15(21)13-6-4-3-5-7-13/h3-10H,11-12H2,1-2H3,(H,18,19,22). The highest BCUT2D eigenvalue weighted by atomic mass is 32.2. The van der Waals surface area contributed by atoms with Crippen molar-refractivity contribution in [2.24, 2.45) is 0 Å². The lowest BCUT2D eigenvalue weighted by molar-refractivity contribution is -0.113. The second-order valence-electron chi connectivity index (χ2n) is 5.13. The first-order valence-electron chi connectivity index (χ1n) is 7.15. The van der Waals surface area contributed by atoms with E-state index in [-0.39, 0.29) is 23.2 Å². The van der Waals surface area contributed by atoms with Crippen LogP contribution in [-0.2, 0) is 4.79 Å². The number of ketones is 1. The number of amides is 1. The molecule has 0 bridgehead atoms. The molecule has 0 atom stereocenters. The van der Waals surface area contributed by atoms with Crippen LogP contribution >= 0.6 is 11.8 Å². The van der Waals surface area contributed by atoms with E-state index in [1.807, 2.05) is 43.3 Å². The third-order valence-electron chi connectivity index (χ3n) is 3.09. The van der Waals surface area contributed by atoms with Crippen molar-refractivity contribution in [3.05, 3.63) is 54.2 Å². The minimum Gasteiger partial charge on any atom is -0.376 e. The monoisotopic (exact) mass is 329 g/mol. The smallest absolute Gasteiger partial charge is 0.235 e.